The lowest BCUT2D eigenvalue weighted by Gasteiger charge is -2.11. The summed E-state index contributed by atoms with van der Waals surface area (Å²) in [4.78, 5) is 13.9. The molecule has 0 saturated heterocycles. The number of rotatable bonds is 4. The summed E-state index contributed by atoms with van der Waals surface area (Å²) in [5.41, 5.74) is 7.44. The Morgan fingerprint density at radius 1 is 0.833 bits per heavy atom. The van der Waals surface area contributed by atoms with Gasteiger partial charge in [0.2, 0.25) is 0 Å². The van der Waals surface area contributed by atoms with Crippen LogP contribution in [0.1, 0.15) is 28.9 Å². The highest BCUT2D eigenvalue weighted by molar-refractivity contribution is 6.42. The van der Waals surface area contributed by atoms with Crippen LogP contribution >= 0.6 is 34.8 Å². The molecule has 0 fully saturated rings. The van der Waals surface area contributed by atoms with Gasteiger partial charge >= 0.3 is 0 Å². The number of benzene rings is 3. The smallest absolute Gasteiger partial charge is 0.273 e. The van der Waals surface area contributed by atoms with E-state index in [4.69, 9.17) is 34.8 Å². The van der Waals surface area contributed by atoms with Gasteiger partial charge in [0.05, 0.1) is 15.7 Å². The molecule has 36 heavy (non-hydrogen) atoms. The van der Waals surface area contributed by atoms with Crippen molar-refractivity contribution < 1.29 is 4.79 Å². The molecular formula is C29H22Cl3N3O. The number of nitrogens with zero attached hydrogens (tertiary/aromatic N) is 2. The fourth-order valence-electron chi connectivity index (χ4n) is 5.13. The van der Waals surface area contributed by atoms with E-state index < -0.39 is 0 Å². The third-order valence-electron chi connectivity index (χ3n) is 6.73. The van der Waals surface area contributed by atoms with Crippen molar-refractivity contribution in [2.45, 2.75) is 25.8 Å². The molecule has 0 bridgehead atoms. The maximum Gasteiger partial charge on any atom is 0.273 e. The summed E-state index contributed by atoms with van der Waals surface area (Å²) < 4.78 is 4.35. The molecule has 1 N–H and O–H groups in total. The summed E-state index contributed by atoms with van der Waals surface area (Å²) in [6.07, 6.45) is 5.00. The summed E-state index contributed by atoms with van der Waals surface area (Å²) in [7, 11) is 0. The van der Waals surface area contributed by atoms with Gasteiger partial charge in [0, 0.05) is 40.1 Å². The van der Waals surface area contributed by atoms with Crippen LogP contribution in [-0.4, -0.2) is 14.9 Å². The van der Waals surface area contributed by atoms with Crippen molar-refractivity contribution in [2.75, 3.05) is 5.32 Å². The first kappa shape index (κ1) is 23.2. The predicted octanol–water partition coefficient (Wildman–Crippen LogP) is 8.62. The van der Waals surface area contributed by atoms with Gasteiger partial charge in [0.1, 0.15) is 11.3 Å². The van der Waals surface area contributed by atoms with Gasteiger partial charge in [0.15, 0.2) is 0 Å². The van der Waals surface area contributed by atoms with Crippen LogP contribution in [0.15, 0.2) is 79.0 Å². The molecule has 2 aromatic heterocycles. The zero-order valence-electron chi connectivity index (χ0n) is 19.3. The maximum atomic E-state index is 13.9. The number of para-hydroxylation sites is 1. The van der Waals surface area contributed by atoms with Crippen molar-refractivity contribution in [2.24, 2.45) is 0 Å². The molecule has 0 aliphatic carbocycles. The molecule has 5 aromatic rings. The lowest BCUT2D eigenvalue weighted by Crippen LogP contribution is -2.15. The minimum Gasteiger partial charge on any atom is -0.325 e. The largest absolute Gasteiger partial charge is 0.325 e. The van der Waals surface area contributed by atoms with Crippen LogP contribution in [-0.2, 0) is 13.0 Å². The highest BCUT2D eigenvalue weighted by atomic mass is 35.5. The molecule has 1 aliphatic heterocycles. The monoisotopic (exact) mass is 533 g/mol. The molecule has 0 unspecified atom stereocenters. The number of nitrogens with one attached hydrogen (secondary N) is 1. The number of carbonyl (C=O) groups excluding carboxylic acids is 1. The number of amides is 1. The summed E-state index contributed by atoms with van der Waals surface area (Å²) in [6.45, 7) is 0.850. The minimum absolute atomic E-state index is 0.161. The number of carbonyl (C=O) groups is 1. The lowest BCUT2D eigenvalue weighted by molar-refractivity contribution is 0.102. The van der Waals surface area contributed by atoms with Gasteiger partial charge in [-0.25, -0.2) is 0 Å². The fourth-order valence-corrected chi connectivity index (χ4v) is 5.56. The average Bonchev–Trinajstić information content (AvgIpc) is 3.30. The topological polar surface area (TPSA) is 38.4 Å². The second-order valence-electron chi connectivity index (χ2n) is 8.97. The Kier molecular flexibility index (Phi) is 6.04. The Labute approximate surface area is 224 Å². The molecular weight excluding hydrogens is 513 g/mol. The van der Waals surface area contributed by atoms with E-state index in [-0.39, 0.29) is 5.91 Å². The van der Waals surface area contributed by atoms with Crippen molar-refractivity contribution in [1.29, 1.82) is 0 Å². The van der Waals surface area contributed by atoms with Crippen molar-refractivity contribution in [3.8, 4) is 22.4 Å². The van der Waals surface area contributed by atoms with Gasteiger partial charge in [-0.3, -0.25) is 9.20 Å². The molecule has 0 saturated carbocycles. The molecule has 7 heteroatoms. The highest BCUT2D eigenvalue weighted by Crippen LogP contribution is 2.40. The number of anilines is 1. The lowest BCUT2D eigenvalue weighted by atomic mass is 9.97. The highest BCUT2D eigenvalue weighted by Gasteiger charge is 2.29. The molecule has 0 spiro atoms. The van der Waals surface area contributed by atoms with E-state index in [9.17, 15) is 4.79 Å². The van der Waals surface area contributed by atoms with E-state index in [1.54, 1.807) is 0 Å². The maximum absolute atomic E-state index is 13.9. The zero-order chi connectivity index (χ0) is 24.8. The number of halogens is 3. The minimum atomic E-state index is -0.161. The second kappa shape index (κ2) is 9.36. The van der Waals surface area contributed by atoms with Crippen molar-refractivity contribution >= 4 is 52.0 Å². The predicted molar refractivity (Wildman–Crippen MR) is 149 cm³/mol. The van der Waals surface area contributed by atoms with Crippen molar-refractivity contribution in [3.05, 3.63) is 105 Å². The molecule has 180 valence electrons. The first-order chi connectivity index (χ1) is 17.5. The van der Waals surface area contributed by atoms with Gasteiger partial charge in [-0.1, -0.05) is 71.2 Å². The third kappa shape index (κ3) is 4.00. The molecule has 3 heterocycles. The van der Waals surface area contributed by atoms with Crippen LogP contribution in [0.4, 0.5) is 5.69 Å². The van der Waals surface area contributed by atoms with Gasteiger partial charge in [-0.2, -0.15) is 0 Å². The zero-order valence-corrected chi connectivity index (χ0v) is 21.5. The van der Waals surface area contributed by atoms with Crippen LogP contribution in [0.2, 0.25) is 15.1 Å². The molecule has 0 radical (unpaired) electrons. The quantitative estimate of drug-likeness (QED) is 0.246. The summed E-state index contributed by atoms with van der Waals surface area (Å²) in [5, 5.41) is 4.78. The molecule has 4 nitrogen and oxygen atoms in total. The van der Waals surface area contributed by atoms with Gasteiger partial charge in [-0.15, -0.1) is 0 Å². The van der Waals surface area contributed by atoms with Crippen LogP contribution in [0.5, 0.6) is 0 Å². The number of imidazole rings is 1. The Morgan fingerprint density at radius 3 is 2.33 bits per heavy atom. The average molecular weight is 535 g/mol. The molecule has 1 amide bonds. The Bertz CT molecular complexity index is 1600. The summed E-state index contributed by atoms with van der Waals surface area (Å²) in [5.74, 6) is -0.161. The standard InChI is InChI=1S/C29H22Cl3N3O/c30-20-12-9-18(10-13-20)26-22-8-4-5-15-34-25(19-11-14-23(31)24(32)16-19)17-35(29(22)34)27(26)28(36)33-21-6-2-1-3-7-21/h1-3,6-7,9-14,16-17H,4-5,8,15H2,(H,33,36). The van der Waals surface area contributed by atoms with Crippen LogP contribution in [0.3, 0.4) is 0 Å². The van der Waals surface area contributed by atoms with Gasteiger partial charge < -0.3 is 9.88 Å². The van der Waals surface area contributed by atoms with E-state index in [0.29, 0.717) is 20.8 Å². The first-order valence-electron chi connectivity index (χ1n) is 11.9. The molecule has 1 aliphatic rings. The third-order valence-corrected chi connectivity index (χ3v) is 7.72. The van der Waals surface area contributed by atoms with Crippen LogP contribution in [0, 0.1) is 0 Å². The molecule has 3 aromatic carbocycles. The van der Waals surface area contributed by atoms with Crippen LogP contribution in [0.25, 0.3) is 28.0 Å². The normalized spacial score (nSPS) is 13.1. The fraction of sp³-hybridized carbons (Fsp3) is 0.138. The van der Waals surface area contributed by atoms with Crippen molar-refractivity contribution in [1.82, 2.24) is 8.97 Å². The number of aromatic nitrogens is 2. The van der Waals surface area contributed by atoms with Gasteiger partial charge in [0.25, 0.3) is 5.91 Å². The number of hydrogen-bond donors (Lipinski definition) is 1. The van der Waals surface area contributed by atoms with Crippen molar-refractivity contribution in [3.63, 3.8) is 0 Å². The Hall–Kier alpha value is -3.18. The van der Waals surface area contributed by atoms with E-state index in [2.05, 4.69) is 9.88 Å². The van der Waals surface area contributed by atoms with E-state index >= 15 is 0 Å². The Balaban J connectivity index is 1.62. The molecule has 6 rings (SSSR count). The SMILES string of the molecule is O=C(Nc1ccccc1)c1c(-c2ccc(Cl)cc2)c2c3n(c(-c4ccc(Cl)c(Cl)c4)cn13)CCCC2. The summed E-state index contributed by atoms with van der Waals surface area (Å²) >= 11 is 18.8. The Morgan fingerprint density at radius 2 is 1.58 bits per heavy atom. The first-order valence-corrected chi connectivity index (χ1v) is 13.0. The second-order valence-corrected chi connectivity index (χ2v) is 10.2. The number of aryl methyl sites for hydroxylation is 2. The van der Waals surface area contributed by atoms with Gasteiger partial charge in [-0.05, 0) is 61.2 Å². The van der Waals surface area contributed by atoms with E-state index in [0.717, 1.165) is 59.5 Å². The summed E-state index contributed by atoms with van der Waals surface area (Å²) in [6, 6.07) is 22.9. The number of hydrogen-bond acceptors (Lipinski definition) is 1. The van der Waals surface area contributed by atoms with E-state index in [1.165, 1.54) is 5.56 Å². The van der Waals surface area contributed by atoms with E-state index in [1.807, 2.05) is 83.4 Å². The van der Waals surface area contributed by atoms with Crippen LogP contribution < -0.4 is 5.32 Å². The molecule has 0 atom stereocenters.